The third kappa shape index (κ3) is 4.16. The van der Waals surface area contributed by atoms with Crippen LogP contribution in [0.4, 0.5) is 10.1 Å². The highest BCUT2D eigenvalue weighted by Gasteiger charge is 2.16. The van der Waals surface area contributed by atoms with E-state index in [1.54, 1.807) is 4.90 Å². The highest BCUT2D eigenvalue weighted by atomic mass is 19.1. The van der Waals surface area contributed by atoms with Crippen LogP contribution in [0.2, 0.25) is 0 Å². The average molecular weight is 295 g/mol. The van der Waals surface area contributed by atoms with Gasteiger partial charge in [-0.2, -0.15) is 0 Å². The zero-order valence-corrected chi connectivity index (χ0v) is 11.6. The number of amides is 2. The van der Waals surface area contributed by atoms with Gasteiger partial charge in [0.15, 0.2) is 0 Å². The molecule has 2 rings (SSSR count). The summed E-state index contributed by atoms with van der Waals surface area (Å²) in [5.74, 6) is -0.956. The molecule has 1 aromatic carbocycles. The van der Waals surface area contributed by atoms with Crippen LogP contribution < -0.4 is 11.1 Å². The fourth-order valence-electron chi connectivity index (χ4n) is 2.04. The first-order valence-electron chi connectivity index (χ1n) is 6.76. The Hall–Kier alpha value is -2.15. The summed E-state index contributed by atoms with van der Waals surface area (Å²) in [5.41, 5.74) is 5.60. The number of hydrogen-bond acceptors (Lipinski definition) is 4. The third-order valence-electron chi connectivity index (χ3n) is 3.25. The quantitative estimate of drug-likeness (QED) is 0.787. The monoisotopic (exact) mass is 295 g/mol. The zero-order valence-electron chi connectivity index (χ0n) is 11.6. The van der Waals surface area contributed by atoms with Crippen molar-refractivity contribution in [3.63, 3.8) is 0 Å². The Balaban J connectivity index is 1.78. The maximum Gasteiger partial charge on any atom is 0.251 e. The Morgan fingerprint density at radius 3 is 2.71 bits per heavy atom. The van der Waals surface area contributed by atoms with Crippen LogP contribution in [0.25, 0.3) is 0 Å². The molecule has 0 atom stereocenters. The molecule has 0 aromatic heterocycles. The Bertz CT molecular complexity index is 530. The smallest absolute Gasteiger partial charge is 0.251 e. The van der Waals surface area contributed by atoms with Gasteiger partial charge in [0.25, 0.3) is 5.91 Å². The van der Waals surface area contributed by atoms with Gasteiger partial charge in [-0.05, 0) is 18.2 Å². The van der Waals surface area contributed by atoms with Gasteiger partial charge in [0.05, 0.1) is 18.9 Å². The zero-order chi connectivity index (χ0) is 15.2. The van der Waals surface area contributed by atoms with Gasteiger partial charge in [0.1, 0.15) is 5.82 Å². The minimum absolute atomic E-state index is 0.0165. The van der Waals surface area contributed by atoms with Crippen molar-refractivity contribution in [2.24, 2.45) is 0 Å². The van der Waals surface area contributed by atoms with Crippen molar-refractivity contribution in [2.75, 3.05) is 38.6 Å². The summed E-state index contributed by atoms with van der Waals surface area (Å²) in [6.07, 6.45) is 0.225. The van der Waals surface area contributed by atoms with Gasteiger partial charge in [-0.25, -0.2) is 4.39 Å². The Morgan fingerprint density at radius 2 is 2.05 bits per heavy atom. The lowest BCUT2D eigenvalue weighted by molar-refractivity contribution is -0.135. The van der Waals surface area contributed by atoms with Crippen molar-refractivity contribution in [2.45, 2.75) is 6.42 Å². The lowest BCUT2D eigenvalue weighted by Crippen LogP contribution is -2.42. The number of benzene rings is 1. The SMILES string of the molecule is Nc1cc(C(=O)NCCC(=O)N2CCOCC2)ccc1F. The Kier molecular flexibility index (Phi) is 5.10. The fraction of sp³-hybridized carbons (Fsp3) is 0.429. The molecule has 3 N–H and O–H groups in total. The maximum atomic E-state index is 13.0. The highest BCUT2D eigenvalue weighted by molar-refractivity contribution is 5.95. The van der Waals surface area contributed by atoms with Gasteiger partial charge < -0.3 is 20.7 Å². The molecule has 1 saturated heterocycles. The lowest BCUT2D eigenvalue weighted by atomic mass is 10.2. The molecule has 6 nitrogen and oxygen atoms in total. The average Bonchev–Trinajstić information content (AvgIpc) is 2.50. The molecule has 1 heterocycles. The van der Waals surface area contributed by atoms with Crippen molar-refractivity contribution < 1.29 is 18.7 Å². The molecule has 1 aliphatic heterocycles. The number of nitrogen functional groups attached to an aromatic ring is 1. The van der Waals surface area contributed by atoms with Gasteiger partial charge in [0.2, 0.25) is 5.91 Å². The molecule has 0 bridgehead atoms. The largest absolute Gasteiger partial charge is 0.396 e. The van der Waals surface area contributed by atoms with Crippen LogP contribution in [-0.2, 0) is 9.53 Å². The van der Waals surface area contributed by atoms with E-state index in [2.05, 4.69) is 5.32 Å². The minimum atomic E-state index is -0.561. The van der Waals surface area contributed by atoms with E-state index < -0.39 is 5.82 Å². The number of rotatable bonds is 4. The standard InChI is InChI=1S/C14H18FN3O3/c15-11-2-1-10(9-12(11)16)14(20)17-4-3-13(19)18-5-7-21-8-6-18/h1-2,9H,3-8,16H2,(H,17,20). The van der Waals surface area contributed by atoms with Gasteiger partial charge in [0, 0.05) is 31.6 Å². The van der Waals surface area contributed by atoms with Crippen LogP contribution >= 0.6 is 0 Å². The van der Waals surface area contributed by atoms with E-state index in [9.17, 15) is 14.0 Å². The molecule has 0 unspecified atom stereocenters. The van der Waals surface area contributed by atoms with Crippen molar-refractivity contribution >= 4 is 17.5 Å². The number of hydrogen-bond donors (Lipinski definition) is 2. The number of morpholine rings is 1. The number of ether oxygens (including phenoxy) is 1. The molecule has 0 saturated carbocycles. The van der Waals surface area contributed by atoms with Crippen LogP contribution in [0.5, 0.6) is 0 Å². The van der Waals surface area contributed by atoms with Gasteiger partial charge in [-0.1, -0.05) is 0 Å². The van der Waals surface area contributed by atoms with E-state index >= 15 is 0 Å². The third-order valence-corrected chi connectivity index (χ3v) is 3.25. The van der Waals surface area contributed by atoms with Crippen LogP contribution in [0.3, 0.4) is 0 Å². The summed E-state index contributed by atoms with van der Waals surface area (Å²) in [7, 11) is 0. The Morgan fingerprint density at radius 1 is 1.33 bits per heavy atom. The van der Waals surface area contributed by atoms with E-state index in [0.29, 0.717) is 26.3 Å². The number of halogens is 1. The fourth-order valence-corrected chi connectivity index (χ4v) is 2.04. The normalized spacial score (nSPS) is 14.8. The summed E-state index contributed by atoms with van der Waals surface area (Å²) in [6, 6.07) is 3.77. The van der Waals surface area contributed by atoms with Crippen molar-refractivity contribution in [1.82, 2.24) is 10.2 Å². The number of nitrogens with one attached hydrogen (secondary N) is 1. The van der Waals surface area contributed by atoms with Gasteiger partial charge >= 0.3 is 0 Å². The van der Waals surface area contributed by atoms with Crippen LogP contribution in [0.1, 0.15) is 16.8 Å². The molecule has 114 valence electrons. The van der Waals surface area contributed by atoms with Gasteiger partial charge in [-0.3, -0.25) is 9.59 Å². The van der Waals surface area contributed by atoms with Crippen LogP contribution in [0.15, 0.2) is 18.2 Å². The number of anilines is 1. The topological polar surface area (TPSA) is 84.7 Å². The molecule has 1 aromatic rings. The molecular formula is C14H18FN3O3. The molecule has 0 spiro atoms. The molecule has 2 amide bonds. The molecule has 7 heteroatoms. The number of carbonyl (C=O) groups excluding carboxylic acids is 2. The number of nitrogens with two attached hydrogens (primary N) is 1. The molecule has 1 aliphatic rings. The molecule has 0 aliphatic carbocycles. The second-order valence-electron chi connectivity index (χ2n) is 4.74. The Labute approximate surface area is 122 Å². The second-order valence-corrected chi connectivity index (χ2v) is 4.74. The summed E-state index contributed by atoms with van der Waals surface area (Å²) < 4.78 is 18.2. The van der Waals surface area contributed by atoms with Crippen molar-refractivity contribution in [3.05, 3.63) is 29.6 Å². The molecule has 1 fully saturated rings. The van der Waals surface area contributed by atoms with E-state index in [4.69, 9.17) is 10.5 Å². The van der Waals surface area contributed by atoms with E-state index in [1.807, 2.05) is 0 Å². The van der Waals surface area contributed by atoms with Crippen LogP contribution in [-0.4, -0.2) is 49.6 Å². The molecular weight excluding hydrogens is 277 g/mol. The predicted octanol–water partition coefficient (Wildman–Crippen LogP) is 0.387. The molecule has 21 heavy (non-hydrogen) atoms. The number of nitrogens with zero attached hydrogens (tertiary/aromatic N) is 1. The summed E-state index contributed by atoms with van der Waals surface area (Å²) in [4.78, 5) is 25.4. The van der Waals surface area contributed by atoms with Crippen molar-refractivity contribution in [3.8, 4) is 0 Å². The van der Waals surface area contributed by atoms with Crippen LogP contribution in [0, 0.1) is 5.82 Å². The first-order chi connectivity index (χ1) is 10.1. The van der Waals surface area contributed by atoms with E-state index in [0.717, 1.165) is 6.07 Å². The molecule has 0 radical (unpaired) electrons. The summed E-state index contributed by atoms with van der Waals surface area (Å²) >= 11 is 0. The minimum Gasteiger partial charge on any atom is -0.396 e. The van der Waals surface area contributed by atoms with E-state index in [1.165, 1.54) is 12.1 Å². The van der Waals surface area contributed by atoms with E-state index in [-0.39, 0.29) is 36.0 Å². The lowest BCUT2D eigenvalue weighted by Gasteiger charge is -2.26. The maximum absolute atomic E-state index is 13.0. The summed E-state index contributed by atoms with van der Waals surface area (Å²) in [5, 5.41) is 2.62. The predicted molar refractivity (Wildman–Crippen MR) is 75.2 cm³/mol. The highest BCUT2D eigenvalue weighted by Crippen LogP contribution is 2.12. The summed E-state index contributed by atoms with van der Waals surface area (Å²) in [6.45, 7) is 2.49. The first-order valence-corrected chi connectivity index (χ1v) is 6.76. The number of carbonyl (C=O) groups is 2. The van der Waals surface area contributed by atoms with Crippen molar-refractivity contribution in [1.29, 1.82) is 0 Å². The van der Waals surface area contributed by atoms with Gasteiger partial charge in [-0.15, -0.1) is 0 Å². The second kappa shape index (κ2) is 7.03. The first kappa shape index (κ1) is 15.2.